The standard InChI is InChI=1S/C16H30N2O2/c1-4-16(3)13(10-14(16)20-5-2)18-12-8-6-11(7-9-12)15(17)19/h11-14,18H,4-10H2,1-3H3,(H2,17,19). The van der Waals surface area contributed by atoms with Crippen LogP contribution in [-0.4, -0.2) is 30.7 Å². The van der Waals surface area contributed by atoms with Crippen LogP contribution in [0.4, 0.5) is 0 Å². The number of carbonyl (C=O) groups excluding carboxylic acids is 1. The van der Waals surface area contributed by atoms with Gasteiger partial charge in [-0.05, 0) is 45.4 Å². The first-order valence-corrected chi connectivity index (χ1v) is 8.18. The second-order valence-corrected chi connectivity index (χ2v) is 6.71. The average Bonchev–Trinajstić information content (AvgIpc) is 2.45. The lowest BCUT2D eigenvalue weighted by Gasteiger charge is -2.55. The summed E-state index contributed by atoms with van der Waals surface area (Å²) in [4.78, 5) is 11.2. The fourth-order valence-corrected chi connectivity index (χ4v) is 3.84. The average molecular weight is 282 g/mol. The molecule has 4 heteroatoms. The smallest absolute Gasteiger partial charge is 0.220 e. The molecule has 3 N–H and O–H groups in total. The van der Waals surface area contributed by atoms with E-state index < -0.39 is 0 Å². The lowest BCUT2D eigenvalue weighted by Crippen LogP contribution is -2.64. The van der Waals surface area contributed by atoms with E-state index in [4.69, 9.17) is 10.5 Å². The van der Waals surface area contributed by atoms with Gasteiger partial charge in [0.15, 0.2) is 0 Å². The first-order chi connectivity index (χ1) is 9.51. The van der Waals surface area contributed by atoms with Gasteiger partial charge in [0.1, 0.15) is 0 Å². The van der Waals surface area contributed by atoms with Crippen molar-refractivity contribution in [2.24, 2.45) is 17.1 Å². The van der Waals surface area contributed by atoms with Crippen LogP contribution in [0.5, 0.6) is 0 Å². The lowest BCUT2D eigenvalue weighted by molar-refractivity contribution is -0.130. The molecule has 2 saturated carbocycles. The van der Waals surface area contributed by atoms with Crippen molar-refractivity contribution >= 4 is 5.91 Å². The summed E-state index contributed by atoms with van der Waals surface area (Å²) in [7, 11) is 0. The maximum absolute atomic E-state index is 11.2. The van der Waals surface area contributed by atoms with Crippen molar-refractivity contribution in [1.29, 1.82) is 0 Å². The van der Waals surface area contributed by atoms with E-state index in [1.165, 1.54) is 0 Å². The number of amides is 1. The molecular formula is C16H30N2O2. The Morgan fingerprint density at radius 3 is 2.45 bits per heavy atom. The summed E-state index contributed by atoms with van der Waals surface area (Å²) in [5, 5.41) is 3.81. The van der Waals surface area contributed by atoms with Crippen molar-refractivity contribution < 1.29 is 9.53 Å². The third-order valence-corrected chi connectivity index (χ3v) is 5.68. The Balaban J connectivity index is 1.82. The highest BCUT2D eigenvalue weighted by Crippen LogP contribution is 2.46. The van der Waals surface area contributed by atoms with E-state index in [2.05, 4.69) is 26.1 Å². The molecule has 0 aromatic heterocycles. The van der Waals surface area contributed by atoms with E-state index >= 15 is 0 Å². The van der Waals surface area contributed by atoms with E-state index in [1.54, 1.807) is 0 Å². The minimum Gasteiger partial charge on any atom is -0.378 e. The van der Waals surface area contributed by atoms with Crippen molar-refractivity contribution in [3.63, 3.8) is 0 Å². The SMILES string of the molecule is CCOC1CC(NC2CCC(C(N)=O)CC2)C1(C)CC. The molecule has 2 rings (SSSR count). The molecule has 3 unspecified atom stereocenters. The van der Waals surface area contributed by atoms with Crippen LogP contribution < -0.4 is 11.1 Å². The molecule has 20 heavy (non-hydrogen) atoms. The molecule has 0 spiro atoms. The number of hydrogen-bond acceptors (Lipinski definition) is 3. The van der Waals surface area contributed by atoms with Crippen molar-refractivity contribution in [3.05, 3.63) is 0 Å². The van der Waals surface area contributed by atoms with Crippen LogP contribution in [0.15, 0.2) is 0 Å². The number of rotatable bonds is 6. The number of nitrogens with one attached hydrogen (secondary N) is 1. The highest BCUT2D eigenvalue weighted by Gasteiger charge is 2.51. The van der Waals surface area contributed by atoms with Crippen molar-refractivity contribution in [1.82, 2.24) is 5.32 Å². The molecule has 0 aromatic carbocycles. The first-order valence-electron chi connectivity index (χ1n) is 8.18. The predicted molar refractivity (Wildman–Crippen MR) is 80.3 cm³/mol. The minimum absolute atomic E-state index is 0.100. The quantitative estimate of drug-likeness (QED) is 0.785. The summed E-state index contributed by atoms with van der Waals surface area (Å²) >= 11 is 0. The van der Waals surface area contributed by atoms with Gasteiger partial charge in [-0.2, -0.15) is 0 Å². The van der Waals surface area contributed by atoms with Crippen LogP contribution in [0.1, 0.15) is 59.3 Å². The van der Waals surface area contributed by atoms with Crippen LogP contribution in [-0.2, 0) is 9.53 Å². The molecule has 4 nitrogen and oxygen atoms in total. The maximum Gasteiger partial charge on any atom is 0.220 e. The Kier molecular flexibility index (Phi) is 5.08. The highest BCUT2D eigenvalue weighted by atomic mass is 16.5. The van der Waals surface area contributed by atoms with Crippen LogP contribution in [0.25, 0.3) is 0 Å². The Labute approximate surface area is 122 Å². The summed E-state index contributed by atoms with van der Waals surface area (Å²) in [5.41, 5.74) is 5.65. The van der Waals surface area contributed by atoms with Crippen LogP contribution in [0.2, 0.25) is 0 Å². The largest absolute Gasteiger partial charge is 0.378 e. The molecule has 2 aliphatic carbocycles. The molecule has 116 valence electrons. The summed E-state index contributed by atoms with van der Waals surface area (Å²) in [5.74, 6) is -0.0231. The van der Waals surface area contributed by atoms with Gasteiger partial charge in [-0.3, -0.25) is 4.79 Å². The van der Waals surface area contributed by atoms with E-state index in [-0.39, 0.29) is 17.2 Å². The molecular weight excluding hydrogens is 252 g/mol. The van der Waals surface area contributed by atoms with Gasteiger partial charge in [0.25, 0.3) is 0 Å². The van der Waals surface area contributed by atoms with E-state index in [0.29, 0.717) is 18.2 Å². The van der Waals surface area contributed by atoms with Gasteiger partial charge < -0.3 is 15.8 Å². The fourth-order valence-electron chi connectivity index (χ4n) is 3.84. The maximum atomic E-state index is 11.2. The highest BCUT2D eigenvalue weighted by molar-refractivity contribution is 5.76. The summed E-state index contributed by atoms with van der Waals surface area (Å²) in [6.45, 7) is 7.46. The zero-order chi connectivity index (χ0) is 14.8. The Morgan fingerprint density at radius 1 is 1.30 bits per heavy atom. The summed E-state index contributed by atoms with van der Waals surface area (Å²) in [6.07, 6.45) is 6.69. The zero-order valence-corrected chi connectivity index (χ0v) is 13.2. The number of hydrogen-bond donors (Lipinski definition) is 2. The van der Waals surface area contributed by atoms with Gasteiger partial charge in [0.05, 0.1) is 6.10 Å². The third kappa shape index (κ3) is 3.01. The lowest BCUT2D eigenvalue weighted by atomic mass is 9.61. The molecule has 0 saturated heterocycles. The first kappa shape index (κ1) is 15.8. The molecule has 0 radical (unpaired) electrons. The molecule has 3 atom stereocenters. The Bertz CT molecular complexity index is 339. The third-order valence-electron chi connectivity index (χ3n) is 5.68. The molecule has 0 aliphatic heterocycles. The van der Waals surface area contributed by atoms with Gasteiger partial charge in [0.2, 0.25) is 5.91 Å². The van der Waals surface area contributed by atoms with Gasteiger partial charge >= 0.3 is 0 Å². The molecule has 1 amide bonds. The monoisotopic (exact) mass is 282 g/mol. The van der Waals surface area contributed by atoms with Gasteiger partial charge in [0, 0.05) is 30.0 Å². The molecule has 0 bridgehead atoms. The number of primary amides is 1. The van der Waals surface area contributed by atoms with Crippen molar-refractivity contribution in [2.75, 3.05) is 6.61 Å². The number of carbonyl (C=O) groups is 1. The minimum atomic E-state index is -0.123. The molecule has 2 aliphatic rings. The van der Waals surface area contributed by atoms with Crippen LogP contribution in [0, 0.1) is 11.3 Å². The van der Waals surface area contributed by atoms with Gasteiger partial charge in [-0.15, -0.1) is 0 Å². The normalized spacial score (nSPS) is 41.1. The zero-order valence-electron chi connectivity index (χ0n) is 13.2. The Hall–Kier alpha value is -0.610. The summed E-state index contributed by atoms with van der Waals surface area (Å²) < 4.78 is 5.85. The molecule has 0 heterocycles. The number of ether oxygens (including phenoxy) is 1. The van der Waals surface area contributed by atoms with Crippen molar-refractivity contribution in [2.45, 2.75) is 77.5 Å². The van der Waals surface area contributed by atoms with Crippen LogP contribution >= 0.6 is 0 Å². The second kappa shape index (κ2) is 6.44. The van der Waals surface area contributed by atoms with Crippen LogP contribution in [0.3, 0.4) is 0 Å². The summed E-state index contributed by atoms with van der Waals surface area (Å²) in [6, 6.07) is 1.10. The molecule has 2 fully saturated rings. The van der Waals surface area contributed by atoms with E-state index in [0.717, 1.165) is 45.1 Å². The van der Waals surface area contributed by atoms with Gasteiger partial charge in [-0.25, -0.2) is 0 Å². The van der Waals surface area contributed by atoms with E-state index in [9.17, 15) is 4.79 Å². The topological polar surface area (TPSA) is 64.3 Å². The van der Waals surface area contributed by atoms with Gasteiger partial charge in [-0.1, -0.05) is 13.8 Å². The predicted octanol–water partition coefficient (Wildman–Crippen LogP) is 2.21. The molecule has 0 aromatic rings. The van der Waals surface area contributed by atoms with E-state index in [1.807, 2.05) is 0 Å². The Morgan fingerprint density at radius 2 is 1.95 bits per heavy atom. The fraction of sp³-hybridized carbons (Fsp3) is 0.938. The van der Waals surface area contributed by atoms with Crippen molar-refractivity contribution in [3.8, 4) is 0 Å². The number of nitrogens with two attached hydrogens (primary N) is 1. The second-order valence-electron chi connectivity index (χ2n) is 6.71.